The monoisotopic (exact) mass is 1090 g/mol. The molecule has 30 heteroatoms. The zero-order valence-corrected chi connectivity index (χ0v) is 41.7. The van der Waals surface area contributed by atoms with Gasteiger partial charge in [0.25, 0.3) is 12.9 Å². The molecule has 0 aliphatic carbocycles. The summed E-state index contributed by atoms with van der Waals surface area (Å²) in [4.78, 5) is 99.5. The largest absolute Gasteiger partial charge is 0.480 e. The SMILES string of the molecule is CC(C)O[C@@H]1C(OC=O)O[C@@H](O[C@@H]2C(C(=O)Cc3ccc(CC(CN(CCN(CC(=O)O)CC(=O)O)CC(=O)O)N(CC(=O)O)CC(=O)O)cc3)O[C@@H](O[C@@H]3C(OC=O)O[C@@H](C(C)C)C(O)[C@H]3O)C(O)[C@H]2O)C(O)[C@H]1O. The second-order valence-corrected chi connectivity index (χ2v) is 18.9. The highest BCUT2D eigenvalue weighted by molar-refractivity contribution is 5.86. The fourth-order valence-electron chi connectivity index (χ4n) is 8.88. The number of hydrogen-bond acceptors (Lipinski definition) is 25. The summed E-state index contributed by atoms with van der Waals surface area (Å²) in [5.74, 6) is -8.37. The molecule has 4 rings (SSSR count). The van der Waals surface area contributed by atoms with Gasteiger partial charge in [-0.1, -0.05) is 38.1 Å². The minimum Gasteiger partial charge on any atom is -0.480 e. The molecule has 3 heterocycles. The smallest absolute Gasteiger partial charge is 0.317 e. The van der Waals surface area contributed by atoms with Gasteiger partial charge in [-0.15, -0.1) is 0 Å². The Morgan fingerprint density at radius 3 is 1.50 bits per heavy atom. The minimum absolute atomic E-state index is 0.0394. The van der Waals surface area contributed by atoms with Crippen molar-refractivity contribution in [2.45, 2.75) is 145 Å². The first-order chi connectivity index (χ1) is 35.7. The van der Waals surface area contributed by atoms with Crippen LogP contribution in [0.2, 0.25) is 0 Å². The van der Waals surface area contributed by atoms with Gasteiger partial charge in [-0.05, 0) is 37.3 Å². The summed E-state index contributed by atoms with van der Waals surface area (Å²) in [7, 11) is 0. The molecule has 1 aromatic rings. The zero-order valence-electron chi connectivity index (χ0n) is 41.7. The van der Waals surface area contributed by atoms with Crippen molar-refractivity contribution in [3.05, 3.63) is 35.4 Å². The number of nitrogens with zero attached hydrogens (tertiary/aromatic N) is 3. The van der Waals surface area contributed by atoms with Crippen LogP contribution in [0.5, 0.6) is 0 Å². The number of aliphatic hydroxyl groups excluding tert-OH is 6. The molecular formula is C46H67N3O27. The number of carboxylic acids is 5. The highest BCUT2D eigenvalue weighted by Gasteiger charge is 2.56. The van der Waals surface area contributed by atoms with Gasteiger partial charge in [-0.3, -0.25) is 53.1 Å². The lowest BCUT2D eigenvalue weighted by molar-refractivity contribution is -0.388. The maximum Gasteiger partial charge on any atom is 0.317 e. The maximum atomic E-state index is 14.5. The van der Waals surface area contributed by atoms with Crippen LogP contribution in [-0.2, 0) is 89.1 Å². The molecule has 0 radical (unpaired) electrons. The Kier molecular flexibility index (Phi) is 24.4. The molecule has 3 fully saturated rings. The van der Waals surface area contributed by atoms with Crippen molar-refractivity contribution < 1.29 is 132 Å². The lowest BCUT2D eigenvalue weighted by Gasteiger charge is -2.48. The molecule has 1 aromatic carbocycles. The van der Waals surface area contributed by atoms with E-state index in [4.69, 9.17) is 37.9 Å². The number of Topliss-reactive ketones (excluding diaryl/α,β-unsaturated/α-hetero) is 1. The quantitative estimate of drug-likeness (QED) is 0.0301. The number of aliphatic carboxylic acids is 5. The fourth-order valence-corrected chi connectivity index (χ4v) is 8.88. The molecule has 3 aliphatic rings. The molecule has 7 unspecified atom stereocenters. The molecule has 3 aliphatic heterocycles. The van der Waals surface area contributed by atoms with Crippen LogP contribution in [0, 0.1) is 5.92 Å². The third-order valence-electron chi connectivity index (χ3n) is 12.3. The van der Waals surface area contributed by atoms with Gasteiger partial charge in [-0.2, -0.15) is 0 Å². The van der Waals surface area contributed by atoms with Crippen molar-refractivity contribution in [2.75, 3.05) is 52.4 Å². The van der Waals surface area contributed by atoms with Crippen LogP contribution in [0.15, 0.2) is 24.3 Å². The second-order valence-electron chi connectivity index (χ2n) is 18.9. The third kappa shape index (κ3) is 18.1. The number of ketones is 1. The summed E-state index contributed by atoms with van der Waals surface area (Å²) in [6.07, 6.45) is -29.3. The number of rotatable bonds is 32. The summed E-state index contributed by atoms with van der Waals surface area (Å²) < 4.78 is 44.4. The van der Waals surface area contributed by atoms with Crippen LogP contribution in [0.1, 0.15) is 38.8 Å². The second kappa shape index (κ2) is 29.4. The molecule has 3 saturated heterocycles. The van der Waals surface area contributed by atoms with Gasteiger partial charge < -0.3 is 94.1 Å². The van der Waals surface area contributed by atoms with Crippen molar-refractivity contribution in [3.63, 3.8) is 0 Å². The predicted octanol–water partition coefficient (Wildman–Crippen LogP) is -5.10. The summed E-state index contributed by atoms with van der Waals surface area (Å²) in [6.45, 7) is 1.66. The van der Waals surface area contributed by atoms with Crippen LogP contribution in [-0.4, -0.2) is 276 Å². The summed E-state index contributed by atoms with van der Waals surface area (Å²) >= 11 is 0. The van der Waals surface area contributed by atoms with E-state index in [1.165, 1.54) is 29.2 Å². The zero-order chi connectivity index (χ0) is 56.7. The number of hydrogen-bond donors (Lipinski definition) is 11. The van der Waals surface area contributed by atoms with E-state index >= 15 is 0 Å². The Morgan fingerprint density at radius 2 is 1.00 bits per heavy atom. The minimum atomic E-state index is -2.23. The van der Waals surface area contributed by atoms with Gasteiger partial charge >= 0.3 is 29.8 Å². The van der Waals surface area contributed by atoms with Gasteiger partial charge in [-0.25, -0.2) is 0 Å². The van der Waals surface area contributed by atoms with Crippen molar-refractivity contribution in [2.24, 2.45) is 5.92 Å². The lowest BCUT2D eigenvalue weighted by Crippen LogP contribution is -2.67. The van der Waals surface area contributed by atoms with E-state index in [0.717, 1.165) is 9.80 Å². The van der Waals surface area contributed by atoms with Gasteiger partial charge in [0.15, 0.2) is 24.5 Å². The Labute approximate surface area is 433 Å². The van der Waals surface area contributed by atoms with E-state index in [2.05, 4.69) is 0 Å². The molecular weight excluding hydrogens is 1030 g/mol. The molecule has 0 aromatic heterocycles. The molecule has 11 N–H and O–H groups in total. The molecule has 16 atom stereocenters. The first-order valence-corrected chi connectivity index (χ1v) is 23.8. The predicted molar refractivity (Wildman–Crippen MR) is 246 cm³/mol. The van der Waals surface area contributed by atoms with Crippen LogP contribution in [0.4, 0.5) is 0 Å². The van der Waals surface area contributed by atoms with E-state index in [1.54, 1.807) is 27.7 Å². The van der Waals surface area contributed by atoms with Gasteiger partial charge in [0.1, 0.15) is 54.9 Å². The van der Waals surface area contributed by atoms with E-state index in [-0.39, 0.29) is 44.6 Å². The fraction of sp³-hybridized carbons (Fsp3) is 0.696. The number of carbonyl (C=O) groups is 8. The molecule has 0 amide bonds. The lowest BCUT2D eigenvalue weighted by atomic mass is 9.91. The number of carboxylic acid groups (broad SMARTS) is 5. The average Bonchev–Trinajstić information content (AvgIpc) is 3.32. The standard InChI is InChI=1S/C46H67N3O27/c1-21(2)38-32(63)33(64)42(45(72-38)69-19-50)75-43-36(67)34(65)40(74-44-37(68)35(66)41(71-22(3)4)46(76-44)70-20-51)39(73-43)26(52)12-24-7-5-23(6-8-24)11-25(49(17-30(59)60)18-31(61)62)13-47(14-27(53)54)9-10-48(15-28(55)56)16-29(57)58/h5-8,19-22,25,32-46,63-68H,9-18H2,1-4H3,(H,53,54)(H,55,56)(H,57,58)(H,59,60)(H,61,62)/t25?,32?,33-,34-,35-,36?,37?,38+,39?,40+,41+,42+,43+,44-,45?,46?/m1/s1. The van der Waals surface area contributed by atoms with Crippen molar-refractivity contribution in [1.82, 2.24) is 14.7 Å². The summed E-state index contributed by atoms with van der Waals surface area (Å²) in [5.41, 5.74) is 0.591. The number of aliphatic hydroxyl groups is 6. The summed E-state index contributed by atoms with van der Waals surface area (Å²) in [5, 5.41) is 115. The van der Waals surface area contributed by atoms with Crippen LogP contribution < -0.4 is 0 Å². The van der Waals surface area contributed by atoms with Crippen LogP contribution in [0.3, 0.4) is 0 Å². The van der Waals surface area contributed by atoms with Gasteiger partial charge in [0.05, 0.1) is 44.9 Å². The molecule has 30 nitrogen and oxygen atoms in total. The van der Waals surface area contributed by atoms with Crippen LogP contribution in [0.25, 0.3) is 0 Å². The summed E-state index contributed by atoms with van der Waals surface area (Å²) in [6, 6.07) is 4.67. The molecule has 0 saturated carbocycles. The number of ether oxygens (including phenoxy) is 8. The highest BCUT2D eigenvalue weighted by Crippen LogP contribution is 2.35. The molecule has 76 heavy (non-hydrogen) atoms. The van der Waals surface area contributed by atoms with Crippen LogP contribution >= 0.6 is 0 Å². The highest BCUT2D eigenvalue weighted by atomic mass is 16.8. The van der Waals surface area contributed by atoms with Gasteiger partial charge in [0, 0.05) is 32.1 Å². The number of benzene rings is 1. The van der Waals surface area contributed by atoms with E-state index in [0.29, 0.717) is 5.56 Å². The topological polar surface area (TPSA) is 443 Å². The van der Waals surface area contributed by atoms with Crippen molar-refractivity contribution >= 4 is 48.6 Å². The van der Waals surface area contributed by atoms with Crippen molar-refractivity contribution in [1.29, 1.82) is 0 Å². The van der Waals surface area contributed by atoms with Gasteiger partial charge in [0.2, 0.25) is 12.6 Å². The third-order valence-corrected chi connectivity index (χ3v) is 12.3. The normalized spacial score (nSPS) is 30.3. The molecule has 0 bridgehead atoms. The Bertz CT molecular complexity index is 2070. The molecule has 428 valence electrons. The first-order valence-electron chi connectivity index (χ1n) is 23.8. The Morgan fingerprint density at radius 1 is 0.553 bits per heavy atom. The number of carbonyl (C=O) groups excluding carboxylic acids is 3. The van der Waals surface area contributed by atoms with E-state index in [1.807, 2.05) is 0 Å². The van der Waals surface area contributed by atoms with E-state index in [9.17, 15) is 94.5 Å². The van der Waals surface area contributed by atoms with E-state index < -0.39 is 185 Å². The first kappa shape index (κ1) is 63.1. The Balaban J connectivity index is 1.68. The Hall–Kier alpha value is -5.42. The maximum absolute atomic E-state index is 14.5. The average molecular weight is 1090 g/mol. The van der Waals surface area contributed by atoms with Crippen molar-refractivity contribution in [3.8, 4) is 0 Å². The molecule has 0 spiro atoms.